The van der Waals surface area contributed by atoms with Gasteiger partial charge in [-0.15, -0.1) is 0 Å². The maximum absolute atomic E-state index is 12.5. The largest absolute Gasteiger partial charge is 0.345 e. The smallest absolute Gasteiger partial charge is 0.333 e. The summed E-state index contributed by atoms with van der Waals surface area (Å²) in [7, 11) is 0. The lowest BCUT2D eigenvalue weighted by molar-refractivity contribution is -0.175. The predicted molar refractivity (Wildman–Crippen MR) is 87.2 cm³/mol. The van der Waals surface area contributed by atoms with Gasteiger partial charge in [0.05, 0.1) is 12.1 Å². The number of likely N-dealkylation sites (tertiary alicyclic amines) is 1. The lowest BCUT2D eigenvalue weighted by atomic mass is 9.92. The molecule has 3 rings (SSSR count). The number of carbonyl (C=O) groups excluding carboxylic acids is 1. The van der Waals surface area contributed by atoms with Gasteiger partial charge in [0.1, 0.15) is 6.33 Å². The van der Waals surface area contributed by atoms with Gasteiger partial charge in [-0.1, -0.05) is 12.8 Å². The number of ether oxygens (including phenoxy) is 1. The van der Waals surface area contributed by atoms with Crippen molar-refractivity contribution in [1.82, 2.24) is 20.2 Å². The zero-order chi connectivity index (χ0) is 17.6. The molecule has 6 nitrogen and oxygen atoms in total. The first-order valence-corrected chi connectivity index (χ1v) is 8.88. The van der Waals surface area contributed by atoms with Crippen molar-refractivity contribution in [3.05, 3.63) is 24.3 Å². The molecule has 25 heavy (non-hydrogen) atoms. The molecule has 1 saturated heterocycles. The molecule has 1 N–H and O–H groups in total. The monoisotopic (exact) mass is 354 g/mol. The van der Waals surface area contributed by atoms with Crippen LogP contribution < -0.4 is 5.32 Å². The summed E-state index contributed by atoms with van der Waals surface area (Å²) in [4.78, 5) is 22.5. The number of carbonyl (C=O) groups is 1. The number of alkyl halides is 2. The van der Waals surface area contributed by atoms with Crippen LogP contribution in [0.5, 0.6) is 0 Å². The SMILES string of the molecule is O=C(N[C@@H]1CCCC[C@H]1OC(F)F)N1CCC(c2ccncn2)CC1. The number of hydrogen-bond acceptors (Lipinski definition) is 4. The third kappa shape index (κ3) is 4.84. The number of amides is 2. The average molecular weight is 354 g/mol. The molecule has 2 heterocycles. The van der Waals surface area contributed by atoms with Gasteiger partial charge < -0.3 is 15.0 Å². The molecule has 0 radical (unpaired) electrons. The molecule has 2 fully saturated rings. The van der Waals surface area contributed by atoms with Crippen LogP contribution in [0, 0.1) is 0 Å². The minimum absolute atomic E-state index is 0.184. The van der Waals surface area contributed by atoms with Gasteiger partial charge in [-0.05, 0) is 31.7 Å². The van der Waals surface area contributed by atoms with Crippen molar-refractivity contribution in [3.63, 3.8) is 0 Å². The first kappa shape index (κ1) is 18.0. The first-order chi connectivity index (χ1) is 12.1. The molecule has 138 valence electrons. The molecule has 0 spiro atoms. The van der Waals surface area contributed by atoms with Crippen LogP contribution in [-0.2, 0) is 4.74 Å². The molecular weight excluding hydrogens is 330 g/mol. The fourth-order valence-electron chi connectivity index (χ4n) is 3.73. The zero-order valence-corrected chi connectivity index (χ0v) is 14.1. The number of rotatable bonds is 4. The number of nitrogens with one attached hydrogen (secondary N) is 1. The second-order valence-electron chi connectivity index (χ2n) is 6.67. The van der Waals surface area contributed by atoms with E-state index in [1.807, 2.05) is 6.07 Å². The van der Waals surface area contributed by atoms with E-state index in [0.29, 0.717) is 31.8 Å². The Hall–Kier alpha value is -1.83. The van der Waals surface area contributed by atoms with Gasteiger partial charge in [-0.3, -0.25) is 0 Å². The number of piperidine rings is 1. The number of nitrogens with zero attached hydrogens (tertiary/aromatic N) is 3. The Labute approximate surface area is 146 Å². The number of urea groups is 1. The van der Waals surface area contributed by atoms with Gasteiger partial charge in [0.2, 0.25) is 0 Å². The molecule has 0 bridgehead atoms. The van der Waals surface area contributed by atoms with E-state index in [9.17, 15) is 13.6 Å². The van der Waals surface area contributed by atoms with E-state index in [1.165, 1.54) is 0 Å². The summed E-state index contributed by atoms with van der Waals surface area (Å²) in [6, 6.07) is 1.39. The van der Waals surface area contributed by atoms with Crippen molar-refractivity contribution in [2.75, 3.05) is 13.1 Å². The van der Waals surface area contributed by atoms with Crippen LogP contribution in [0.25, 0.3) is 0 Å². The highest BCUT2D eigenvalue weighted by Crippen LogP contribution is 2.27. The fraction of sp³-hybridized carbons (Fsp3) is 0.706. The van der Waals surface area contributed by atoms with E-state index >= 15 is 0 Å². The molecule has 0 aromatic carbocycles. The third-order valence-electron chi connectivity index (χ3n) is 5.09. The summed E-state index contributed by atoms with van der Waals surface area (Å²) in [5, 5.41) is 2.90. The molecule has 2 aliphatic rings. The van der Waals surface area contributed by atoms with Crippen LogP contribution in [-0.4, -0.2) is 52.7 Å². The van der Waals surface area contributed by atoms with E-state index in [1.54, 1.807) is 17.4 Å². The van der Waals surface area contributed by atoms with Crippen LogP contribution in [0.1, 0.15) is 50.1 Å². The van der Waals surface area contributed by atoms with E-state index < -0.39 is 12.7 Å². The Bertz CT molecular complexity index is 553. The summed E-state index contributed by atoms with van der Waals surface area (Å²) in [5.74, 6) is 0.330. The second kappa shape index (κ2) is 8.51. The number of aromatic nitrogens is 2. The summed E-state index contributed by atoms with van der Waals surface area (Å²) in [6.45, 7) is -1.53. The highest BCUT2D eigenvalue weighted by molar-refractivity contribution is 5.74. The first-order valence-electron chi connectivity index (χ1n) is 8.88. The van der Waals surface area contributed by atoms with Gasteiger partial charge in [0.15, 0.2) is 0 Å². The normalized spacial score (nSPS) is 25.2. The standard InChI is InChI=1S/C17H24F2N4O2/c18-16(19)25-15-4-2-1-3-14(15)22-17(24)23-9-6-12(7-10-23)13-5-8-20-11-21-13/h5,8,11-12,14-16H,1-4,6-7,9-10H2,(H,22,24)/t14-,15-/m1/s1. The van der Waals surface area contributed by atoms with Gasteiger partial charge in [0.25, 0.3) is 0 Å². The van der Waals surface area contributed by atoms with E-state index in [2.05, 4.69) is 20.0 Å². The minimum Gasteiger partial charge on any atom is -0.333 e. The van der Waals surface area contributed by atoms with E-state index in [4.69, 9.17) is 0 Å². The Balaban J connectivity index is 1.50. The molecule has 2 amide bonds. The van der Waals surface area contributed by atoms with E-state index in [-0.39, 0.29) is 12.1 Å². The topological polar surface area (TPSA) is 67.3 Å². The highest BCUT2D eigenvalue weighted by atomic mass is 19.3. The van der Waals surface area contributed by atoms with Gasteiger partial charge >= 0.3 is 12.6 Å². The van der Waals surface area contributed by atoms with Crippen molar-refractivity contribution in [1.29, 1.82) is 0 Å². The summed E-state index contributed by atoms with van der Waals surface area (Å²) in [6.07, 6.45) is 7.37. The maximum Gasteiger partial charge on any atom is 0.345 e. The van der Waals surface area contributed by atoms with Crippen LogP contribution in [0.15, 0.2) is 18.6 Å². The Morgan fingerprint density at radius 3 is 2.68 bits per heavy atom. The Morgan fingerprint density at radius 2 is 2.00 bits per heavy atom. The lowest BCUT2D eigenvalue weighted by Crippen LogP contribution is -2.52. The summed E-state index contributed by atoms with van der Waals surface area (Å²) in [5.41, 5.74) is 1.01. The fourth-order valence-corrected chi connectivity index (χ4v) is 3.73. The Kier molecular flexibility index (Phi) is 6.12. The van der Waals surface area contributed by atoms with E-state index in [0.717, 1.165) is 31.4 Å². The van der Waals surface area contributed by atoms with Gasteiger partial charge in [-0.2, -0.15) is 8.78 Å². The second-order valence-corrected chi connectivity index (χ2v) is 6.67. The molecule has 0 unspecified atom stereocenters. The van der Waals surface area contributed by atoms with Crippen molar-refractivity contribution in [2.24, 2.45) is 0 Å². The van der Waals surface area contributed by atoms with Gasteiger partial charge in [-0.25, -0.2) is 14.8 Å². The Morgan fingerprint density at radius 1 is 1.24 bits per heavy atom. The number of hydrogen-bond donors (Lipinski definition) is 1. The molecular formula is C17H24F2N4O2. The summed E-state index contributed by atoms with van der Waals surface area (Å²) < 4.78 is 29.8. The molecule has 1 aromatic heterocycles. The van der Waals surface area contributed by atoms with Crippen LogP contribution in [0.2, 0.25) is 0 Å². The number of halogens is 2. The molecule has 1 aromatic rings. The average Bonchev–Trinajstić information content (AvgIpc) is 2.64. The van der Waals surface area contributed by atoms with Crippen molar-refractivity contribution >= 4 is 6.03 Å². The van der Waals surface area contributed by atoms with Crippen LogP contribution >= 0.6 is 0 Å². The lowest BCUT2D eigenvalue weighted by Gasteiger charge is -2.36. The molecule has 8 heteroatoms. The summed E-state index contributed by atoms with van der Waals surface area (Å²) >= 11 is 0. The molecule has 1 aliphatic carbocycles. The molecule has 2 atom stereocenters. The minimum atomic E-state index is -2.80. The quantitative estimate of drug-likeness (QED) is 0.903. The van der Waals surface area contributed by atoms with Crippen molar-refractivity contribution in [3.8, 4) is 0 Å². The predicted octanol–water partition coefficient (Wildman–Crippen LogP) is 2.92. The van der Waals surface area contributed by atoms with Crippen molar-refractivity contribution < 1.29 is 18.3 Å². The van der Waals surface area contributed by atoms with Crippen LogP contribution in [0.3, 0.4) is 0 Å². The molecule has 1 saturated carbocycles. The molecule has 1 aliphatic heterocycles. The van der Waals surface area contributed by atoms with Crippen molar-refractivity contribution in [2.45, 2.75) is 63.2 Å². The zero-order valence-electron chi connectivity index (χ0n) is 14.1. The highest BCUT2D eigenvalue weighted by Gasteiger charge is 2.32. The third-order valence-corrected chi connectivity index (χ3v) is 5.09. The maximum atomic E-state index is 12.5. The van der Waals surface area contributed by atoms with Gasteiger partial charge in [0, 0.05) is 30.9 Å². The van der Waals surface area contributed by atoms with Crippen LogP contribution in [0.4, 0.5) is 13.6 Å².